The van der Waals surface area contributed by atoms with E-state index in [0.29, 0.717) is 6.42 Å². The van der Waals surface area contributed by atoms with Crippen LogP contribution in [-0.4, -0.2) is 55.4 Å². The smallest absolute Gasteiger partial charge is 0.0822 e. The Morgan fingerprint density at radius 3 is 2.64 bits per heavy atom. The standard InChI is InChI=1S/C10H21N2O2/c13-8-2-1-3-10(14)9-12-6-4-11-5-7-12/h10-11,14H,1-9H2. The van der Waals surface area contributed by atoms with Gasteiger partial charge in [-0.15, -0.1) is 0 Å². The van der Waals surface area contributed by atoms with E-state index in [4.69, 9.17) is 0 Å². The van der Waals surface area contributed by atoms with E-state index in [0.717, 1.165) is 45.6 Å². The molecule has 0 aromatic rings. The van der Waals surface area contributed by atoms with Crippen molar-refractivity contribution in [2.75, 3.05) is 39.3 Å². The summed E-state index contributed by atoms with van der Waals surface area (Å²) in [6.45, 7) is 4.85. The molecule has 0 aliphatic carbocycles. The van der Waals surface area contributed by atoms with Crippen molar-refractivity contribution in [1.82, 2.24) is 10.2 Å². The molecule has 1 aliphatic rings. The van der Waals surface area contributed by atoms with Crippen LogP contribution >= 0.6 is 0 Å². The van der Waals surface area contributed by atoms with Gasteiger partial charge in [0.05, 0.1) is 12.7 Å². The van der Waals surface area contributed by atoms with E-state index in [1.807, 2.05) is 0 Å². The first-order chi connectivity index (χ1) is 6.83. The molecule has 0 aromatic carbocycles. The van der Waals surface area contributed by atoms with Gasteiger partial charge in [0, 0.05) is 32.7 Å². The third kappa shape index (κ3) is 4.91. The highest BCUT2D eigenvalue weighted by Crippen LogP contribution is 2.03. The number of piperazine rings is 1. The molecule has 1 saturated heterocycles. The zero-order valence-electron chi connectivity index (χ0n) is 8.74. The summed E-state index contributed by atoms with van der Waals surface area (Å²) < 4.78 is 0. The summed E-state index contributed by atoms with van der Waals surface area (Å²) in [5.41, 5.74) is 0. The van der Waals surface area contributed by atoms with Crippen LogP contribution in [0.3, 0.4) is 0 Å². The van der Waals surface area contributed by atoms with Crippen molar-refractivity contribution in [3.05, 3.63) is 0 Å². The molecule has 0 aromatic heterocycles. The Hall–Kier alpha value is -0.160. The van der Waals surface area contributed by atoms with Gasteiger partial charge in [0.25, 0.3) is 0 Å². The molecule has 1 unspecified atom stereocenters. The molecule has 4 nitrogen and oxygen atoms in total. The van der Waals surface area contributed by atoms with Gasteiger partial charge in [-0.25, -0.2) is 5.11 Å². The van der Waals surface area contributed by atoms with Crippen molar-refractivity contribution in [1.29, 1.82) is 0 Å². The molecule has 83 valence electrons. The normalized spacial score (nSPS) is 21.0. The highest BCUT2D eigenvalue weighted by Gasteiger charge is 2.13. The Labute approximate surface area is 85.9 Å². The molecule has 2 N–H and O–H groups in total. The summed E-state index contributed by atoms with van der Waals surface area (Å²) in [6.07, 6.45) is 2.07. The first-order valence-electron chi connectivity index (χ1n) is 5.52. The van der Waals surface area contributed by atoms with Crippen molar-refractivity contribution in [3.63, 3.8) is 0 Å². The Balaban J connectivity index is 2.03. The monoisotopic (exact) mass is 201 g/mol. The molecule has 1 rings (SSSR count). The van der Waals surface area contributed by atoms with Gasteiger partial charge in [0.1, 0.15) is 0 Å². The first kappa shape index (κ1) is 11.9. The van der Waals surface area contributed by atoms with E-state index >= 15 is 0 Å². The molecule has 0 bridgehead atoms. The lowest BCUT2D eigenvalue weighted by Gasteiger charge is -2.29. The molecule has 1 heterocycles. The molecule has 1 aliphatic heterocycles. The van der Waals surface area contributed by atoms with Gasteiger partial charge >= 0.3 is 0 Å². The van der Waals surface area contributed by atoms with Crippen LogP contribution in [0, 0.1) is 0 Å². The summed E-state index contributed by atoms with van der Waals surface area (Å²) >= 11 is 0. The van der Waals surface area contributed by atoms with Gasteiger partial charge in [0.15, 0.2) is 0 Å². The van der Waals surface area contributed by atoms with Crippen LogP contribution in [0.2, 0.25) is 0 Å². The summed E-state index contributed by atoms with van der Waals surface area (Å²) in [5, 5.41) is 23.1. The average Bonchev–Trinajstić information content (AvgIpc) is 2.20. The second-order valence-corrected chi connectivity index (χ2v) is 3.90. The number of β-amino-alcohol motifs (C(OH)–C–C–N with tert-alkyl or cyclic N) is 1. The van der Waals surface area contributed by atoms with E-state index in [2.05, 4.69) is 10.2 Å². The molecular weight excluding hydrogens is 180 g/mol. The van der Waals surface area contributed by atoms with E-state index in [-0.39, 0.29) is 12.7 Å². The summed E-state index contributed by atoms with van der Waals surface area (Å²) in [5.74, 6) is 0. The fraction of sp³-hybridized carbons (Fsp3) is 1.00. The molecule has 4 heteroatoms. The van der Waals surface area contributed by atoms with E-state index in [1.54, 1.807) is 0 Å². The topological polar surface area (TPSA) is 55.4 Å². The van der Waals surface area contributed by atoms with E-state index in [1.165, 1.54) is 0 Å². The summed E-state index contributed by atoms with van der Waals surface area (Å²) in [7, 11) is 0. The predicted molar refractivity (Wildman–Crippen MR) is 54.7 cm³/mol. The minimum Gasteiger partial charge on any atom is -0.392 e. The zero-order chi connectivity index (χ0) is 10.2. The SMILES string of the molecule is [O]CCCCC(O)CN1CCNCC1. The highest BCUT2D eigenvalue weighted by molar-refractivity contribution is 4.70. The van der Waals surface area contributed by atoms with Gasteiger partial charge in [0.2, 0.25) is 0 Å². The van der Waals surface area contributed by atoms with Crippen LogP contribution in [-0.2, 0) is 5.11 Å². The molecule has 14 heavy (non-hydrogen) atoms. The quantitative estimate of drug-likeness (QED) is 0.588. The van der Waals surface area contributed by atoms with E-state index < -0.39 is 0 Å². The molecule has 0 amide bonds. The Morgan fingerprint density at radius 2 is 2.00 bits per heavy atom. The Morgan fingerprint density at radius 1 is 1.29 bits per heavy atom. The minimum atomic E-state index is -0.250. The summed E-state index contributed by atoms with van der Waals surface area (Å²) in [4.78, 5) is 2.28. The third-order valence-electron chi connectivity index (χ3n) is 2.61. The molecule has 1 fully saturated rings. The molecule has 1 radical (unpaired) electrons. The number of hydrogen-bond acceptors (Lipinski definition) is 3. The first-order valence-corrected chi connectivity index (χ1v) is 5.52. The van der Waals surface area contributed by atoms with E-state index in [9.17, 15) is 10.2 Å². The number of nitrogens with zero attached hydrogens (tertiary/aromatic N) is 1. The molecule has 1 atom stereocenters. The molecular formula is C10H21N2O2. The van der Waals surface area contributed by atoms with Gasteiger partial charge in [-0.05, 0) is 19.3 Å². The van der Waals surface area contributed by atoms with Crippen molar-refractivity contribution in [2.45, 2.75) is 25.4 Å². The van der Waals surface area contributed by atoms with Gasteiger partial charge in [-0.1, -0.05) is 0 Å². The predicted octanol–water partition coefficient (Wildman–Crippen LogP) is -0.147. The lowest BCUT2D eigenvalue weighted by atomic mass is 10.1. The minimum absolute atomic E-state index is 0.0135. The highest BCUT2D eigenvalue weighted by atomic mass is 16.3. The van der Waals surface area contributed by atoms with Crippen LogP contribution in [0.1, 0.15) is 19.3 Å². The Kier molecular flexibility index (Phi) is 6.10. The van der Waals surface area contributed by atoms with Crippen molar-refractivity contribution in [2.24, 2.45) is 0 Å². The van der Waals surface area contributed by atoms with Crippen LogP contribution in [0.15, 0.2) is 0 Å². The molecule has 0 spiro atoms. The number of aliphatic hydroxyl groups excluding tert-OH is 1. The fourth-order valence-corrected chi connectivity index (χ4v) is 1.77. The maximum absolute atomic E-state index is 10.2. The maximum Gasteiger partial charge on any atom is 0.0822 e. The number of rotatable bonds is 6. The largest absolute Gasteiger partial charge is 0.392 e. The van der Waals surface area contributed by atoms with Crippen molar-refractivity contribution in [3.8, 4) is 0 Å². The van der Waals surface area contributed by atoms with Crippen molar-refractivity contribution >= 4 is 0 Å². The Bertz CT molecular complexity index is 138. The second-order valence-electron chi connectivity index (χ2n) is 3.90. The number of nitrogens with one attached hydrogen (secondary N) is 1. The van der Waals surface area contributed by atoms with Crippen LogP contribution < -0.4 is 5.32 Å². The number of aliphatic hydroxyl groups is 1. The maximum atomic E-state index is 10.2. The van der Waals surface area contributed by atoms with Crippen LogP contribution in [0.25, 0.3) is 0 Å². The average molecular weight is 201 g/mol. The lowest BCUT2D eigenvalue weighted by molar-refractivity contribution is 0.0931. The number of unbranched alkanes of at least 4 members (excludes halogenated alkanes) is 1. The molecule has 0 saturated carbocycles. The lowest BCUT2D eigenvalue weighted by Crippen LogP contribution is -2.46. The van der Waals surface area contributed by atoms with Gasteiger partial charge in [-0.3, -0.25) is 4.90 Å². The second kappa shape index (κ2) is 7.17. The fourth-order valence-electron chi connectivity index (χ4n) is 1.77. The number of hydrogen-bond donors (Lipinski definition) is 2. The van der Waals surface area contributed by atoms with Crippen LogP contribution in [0.4, 0.5) is 0 Å². The third-order valence-corrected chi connectivity index (χ3v) is 2.61. The van der Waals surface area contributed by atoms with Crippen molar-refractivity contribution < 1.29 is 10.2 Å². The summed E-state index contributed by atoms with van der Waals surface area (Å²) in [6, 6.07) is 0. The van der Waals surface area contributed by atoms with Gasteiger partial charge in [-0.2, -0.15) is 0 Å². The van der Waals surface area contributed by atoms with Gasteiger partial charge < -0.3 is 10.4 Å². The zero-order valence-corrected chi connectivity index (χ0v) is 8.74. The van der Waals surface area contributed by atoms with Crippen LogP contribution in [0.5, 0.6) is 0 Å².